The zero-order chi connectivity index (χ0) is 8.53. The first kappa shape index (κ1) is 10.2. The van der Waals surface area contributed by atoms with Gasteiger partial charge in [-0.2, -0.15) is 0 Å². The van der Waals surface area contributed by atoms with Crippen molar-refractivity contribution >= 4 is 6.03 Å². The summed E-state index contributed by atoms with van der Waals surface area (Å²) in [5, 5.41) is 5.07. The molecule has 0 saturated heterocycles. The van der Waals surface area contributed by atoms with Crippen LogP contribution in [0.25, 0.3) is 0 Å². The van der Waals surface area contributed by atoms with Crippen molar-refractivity contribution in [1.29, 1.82) is 0 Å². The van der Waals surface area contributed by atoms with Gasteiger partial charge in [-0.05, 0) is 6.42 Å². The number of nitrogens with one attached hydrogen (secondary N) is 2. The minimum absolute atomic E-state index is 0.162. The topological polar surface area (TPSA) is 50.4 Å². The van der Waals surface area contributed by atoms with E-state index in [2.05, 4.69) is 10.6 Å². The van der Waals surface area contributed by atoms with Crippen LogP contribution in [0.15, 0.2) is 0 Å². The lowest BCUT2D eigenvalue weighted by Crippen LogP contribution is -2.34. The molecule has 4 heteroatoms. The lowest BCUT2D eigenvalue weighted by Gasteiger charge is -2.03. The maximum absolute atomic E-state index is 10.6. The molecule has 0 aliphatic carbocycles. The number of carbonyl (C=O) groups excluding carboxylic acids is 1. The van der Waals surface area contributed by atoms with Crippen LogP contribution in [0.4, 0.5) is 4.79 Å². The Morgan fingerprint density at radius 1 is 1.45 bits per heavy atom. The average Bonchev–Trinajstić information content (AvgIpc) is 2.04. The molecule has 0 saturated carbocycles. The van der Waals surface area contributed by atoms with E-state index in [0.29, 0.717) is 13.2 Å². The van der Waals surface area contributed by atoms with Gasteiger partial charge in [0.15, 0.2) is 0 Å². The van der Waals surface area contributed by atoms with Crippen molar-refractivity contribution in [1.82, 2.24) is 10.6 Å². The van der Waals surface area contributed by atoms with E-state index in [1.54, 1.807) is 7.05 Å². The Morgan fingerprint density at radius 2 is 2.18 bits per heavy atom. The first-order valence-electron chi connectivity index (χ1n) is 3.84. The average molecular weight is 160 g/mol. The first-order valence-corrected chi connectivity index (χ1v) is 3.84. The van der Waals surface area contributed by atoms with Gasteiger partial charge in [-0.1, -0.05) is 6.92 Å². The minimum atomic E-state index is -0.162. The van der Waals surface area contributed by atoms with Crippen LogP contribution in [0.1, 0.15) is 13.3 Å². The highest BCUT2D eigenvalue weighted by Crippen LogP contribution is 1.77. The van der Waals surface area contributed by atoms with Crippen LogP contribution >= 0.6 is 0 Å². The molecule has 4 nitrogen and oxygen atoms in total. The van der Waals surface area contributed by atoms with E-state index in [4.69, 9.17) is 4.74 Å². The van der Waals surface area contributed by atoms with E-state index in [0.717, 1.165) is 13.0 Å². The first-order chi connectivity index (χ1) is 5.31. The van der Waals surface area contributed by atoms with E-state index >= 15 is 0 Å². The summed E-state index contributed by atoms with van der Waals surface area (Å²) < 4.78 is 5.14. The molecule has 11 heavy (non-hydrogen) atoms. The number of urea groups is 1. The van der Waals surface area contributed by atoms with Crippen LogP contribution in [0.2, 0.25) is 0 Å². The van der Waals surface area contributed by atoms with E-state index in [1.807, 2.05) is 6.92 Å². The quantitative estimate of drug-likeness (QED) is 0.570. The predicted octanol–water partition coefficient (Wildman–Crippen LogP) is 0.342. The van der Waals surface area contributed by atoms with E-state index in [9.17, 15) is 4.79 Å². The van der Waals surface area contributed by atoms with E-state index in [-0.39, 0.29) is 6.03 Å². The fourth-order valence-corrected chi connectivity index (χ4v) is 0.572. The molecule has 0 rings (SSSR count). The van der Waals surface area contributed by atoms with E-state index in [1.165, 1.54) is 0 Å². The number of rotatable bonds is 5. The molecule has 0 fully saturated rings. The number of ether oxygens (including phenoxy) is 1. The lowest BCUT2D eigenvalue weighted by atomic mass is 10.5. The van der Waals surface area contributed by atoms with Crippen LogP contribution in [-0.2, 0) is 4.74 Å². The standard InChI is InChI=1S/C7H16N2O2/c1-3-5-11-6-4-9-7(10)8-2/h3-6H2,1-2H3,(H2,8,9,10). The predicted molar refractivity (Wildman–Crippen MR) is 43.6 cm³/mol. The van der Waals surface area contributed by atoms with Gasteiger partial charge >= 0.3 is 6.03 Å². The summed E-state index contributed by atoms with van der Waals surface area (Å²) >= 11 is 0. The zero-order valence-electron chi connectivity index (χ0n) is 7.14. The highest BCUT2D eigenvalue weighted by atomic mass is 16.5. The Morgan fingerprint density at radius 3 is 2.73 bits per heavy atom. The van der Waals surface area contributed by atoms with Crippen LogP contribution < -0.4 is 10.6 Å². The Kier molecular flexibility index (Phi) is 6.82. The molecule has 0 bridgehead atoms. The molecule has 0 aromatic heterocycles. The van der Waals surface area contributed by atoms with E-state index < -0.39 is 0 Å². The van der Waals surface area contributed by atoms with Crippen molar-refractivity contribution in [3.8, 4) is 0 Å². The summed E-state index contributed by atoms with van der Waals surface area (Å²) in [6.45, 7) is 3.96. The van der Waals surface area contributed by atoms with Crippen molar-refractivity contribution in [3.63, 3.8) is 0 Å². The third kappa shape index (κ3) is 7.12. The molecule has 0 aromatic carbocycles. The van der Waals surface area contributed by atoms with Gasteiger partial charge in [0.05, 0.1) is 6.61 Å². The molecule has 2 amide bonds. The smallest absolute Gasteiger partial charge is 0.314 e. The van der Waals surface area contributed by atoms with Crippen LogP contribution in [0.5, 0.6) is 0 Å². The largest absolute Gasteiger partial charge is 0.380 e. The van der Waals surface area contributed by atoms with Gasteiger partial charge in [-0.25, -0.2) is 4.79 Å². The van der Waals surface area contributed by atoms with Gasteiger partial charge in [0.25, 0.3) is 0 Å². The molecule has 0 heterocycles. The molecule has 0 radical (unpaired) electrons. The molecular formula is C7H16N2O2. The highest BCUT2D eigenvalue weighted by Gasteiger charge is 1.92. The second-order valence-electron chi connectivity index (χ2n) is 2.12. The Hall–Kier alpha value is -0.770. The molecular weight excluding hydrogens is 144 g/mol. The molecule has 2 N–H and O–H groups in total. The molecule has 0 atom stereocenters. The summed E-state index contributed by atoms with van der Waals surface area (Å²) in [4.78, 5) is 10.6. The second kappa shape index (κ2) is 7.34. The van der Waals surface area contributed by atoms with Crippen molar-refractivity contribution in [3.05, 3.63) is 0 Å². The van der Waals surface area contributed by atoms with Gasteiger partial charge < -0.3 is 15.4 Å². The third-order valence-electron chi connectivity index (χ3n) is 1.11. The zero-order valence-corrected chi connectivity index (χ0v) is 7.14. The van der Waals surface area contributed by atoms with Crippen LogP contribution in [0.3, 0.4) is 0 Å². The summed E-state index contributed by atoms with van der Waals surface area (Å²) in [6, 6.07) is -0.162. The van der Waals surface area contributed by atoms with Gasteiger partial charge in [0.1, 0.15) is 0 Å². The monoisotopic (exact) mass is 160 g/mol. The summed E-state index contributed by atoms with van der Waals surface area (Å²) in [7, 11) is 1.59. The summed E-state index contributed by atoms with van der Waals surface area (Å²) in [5.41, 5.74) is 0. The summed E-state index contributed by atoms with van der Waals surface area (Å²) in [5.74, 6) is 0. The van der Waals surface area contributed by atoms with Crippen molar-refractivity contribution in [2.24, 2.45) is 0 Å². The fraction of sp³-hybridized carbons (Fsp3) is 0.857. The molecule has 0 aromatic rings. The minimum Gasteiger partial charge on any atom is -0.380 e. The number of amides is 2. The van der Waals surface area contributed by atoms with Gasteiger partial charge in [-0.15, -0.1) is 0 Å². The van der Waals surface area contributed by atoms with Crippen molar-refractivity contribution < 1.29 is 9.53 Å². The normalized spacial score (nSPS) is 9.27. The molecule has 0 unspecified atom stereocenters. The van der Waals surface area contributed by atoms with Crippen LogP contribution in [-0.4, -0.2) is 32.8 Å². The molecule has 0 aliphatic rings. The second-order valence-corrected chi connectivity index (χ2v) is 2.12. The third-order valence-corrected chi connectivity index (χ3v) is 1.11. The summed E-state index contributed by atoms with van der Waals surface area (Å²) in [6.07, 6.45) is 1.01. The lowest BCUT2D eigenvalue weighted by molar-refractivity contribution is 0.137. The Labute approximate surface area is 67.3 Å². The fourth-order valence-electron chi connectivity index (χ4n) is 0.572. The molecule has 0 aliphatic heterocycles. The van der Waals surface area contributed by atoms with Crippen LogP contribution in [0, 0.1) is 0 Å². The maximum atomic E-state index is 10.6. The number of hydrogen-bond donors (Lipinski definition) is 2. The SMILES string of the molecule is CCCOCCNC(=O)NC. The highest BCUT2D eigenvalue weighted by molar-refractivity contribution is 5.73. The van der Waals surface area contributed by atoms with Crippen molar-refractivity contribution in [2.45, 2.75) is 13.3 Å². The molecule has 0 spiro atoms. The Bertz CT molecular complexity index is 107. The van der Waals surface area contributed by atoms with Crippen molar-refractivity contribution in [2.75, 3.05) is 26.8 Å². The number of hydrogen-bond acceptors (Lipinski definition) is 2. The molecule has 66 valence electrons. The van der Waals surface area contributed by atoms with Gasteiger partial charge in [0.2, 0.25) is 0 Å². The van der Waals surface area contributed by atoms with Gasteiger partial charge in [-0.3, -0.25) is 0 Å². The van der Waals surface area contributed by atoms with Gasteiger partial charge in [0, 0.05) is 20.2 Å². The maximum Gasteiger partial charge on any atom is 0.314 e. The number of carbonyl (C=O) groups is 1. The Balaban J connectivity index is 2.95.